The molecule has 0 aromatic heterocycles. The molecule has 30 heavy (non-hydrogen) atoms. The van der Waals surface area contributed by atoms with E-state index in [0.717, 1.165) is 36.3 Å². The molecule has 2 heteroatoms. The third-order valence-corrected chi connectivity index (χ3v) is 8.41. The van der Waals surface area contributed by atoms with Gasteiger partial charge in [-0.05, 0) is 106 Å². The topological polar surface area (TPSA) is 44.0 Å². The van der Waals surface area contributed by atoms with Crippen LogP contribution in [0.15, 0.2) is 47.6 Å². The van der Waals surface area contributed by atoms with Gasteiger partial charge in [-0.3, -0.25) is 0 Å². The van der Waals surface area contributed by atoms with Gasteiger partial charge in [0.25, 0.3) is 0 Å². The Balaban J connectivity index is 1.64. The van der Waals surface area contributed by atoms with Crippen molar-refractivity contribution in [2.24, 2.45) is 22.7 Å². The third kappa shape index (κ3) is 4.83. The highest BCUT2D eigenvalue weighted by atomic mass is 16.3. The molecule has 3 aliphatic carbocycles. The van der Waals surface area contributed by atoms with E-state index in [-0.39, 0.29) is 5.41 Å². The summed E-state index contributed by atoms with van der Waals surface area (Å²) in [7, 11) is 0. The fraction of sp³-hybridized carbons (Fsp3) is 0.679. The maximum absolute atomic E-state index is 10.3. The maximum atomic E-state index is 10.3. The summed E-state index contributed by atoms with van der Waals surface area (Å²) in [4.78, 5) is 0. The third-order valence-electron chi connectivity index (χ3n) is 8.41. The molecule has 0 aromatic carbocycles. The summed E-state index contributed by atoms with van der Waals surface area (Å²) in [5, 5.41) is 19.5. The molecule has 3 unspecified atom stereocenters. The van der Waals surface area contributed by atoms with Gasteiger partial charge in [0.15, 0.2) is 0 Å². The largest absolute Gasteiger partial charge is 0.384 e. The Kier molecular flexibility index (Phi) is 7.13. The van der Waals surface area contributed by atoms with Crippen LogP contribution in [0, 0.1) is 34.0 Å². The molecule has 4 atom stereocenters. The minimum absolute atomic E-state index is 0.181. The maximum Gasteiger partial charge on any atom is 0.0995 e. The van der Waals surface area contributed by atoms with Gasteiger partial charge in [0.05, 0.1) is 17.6 Å². The summed E-state index contributed by atoms with van der Waals surface area (Å²) in [6, 6.07) is 2.44. The number of nitriles is 1. The molecule has 3 saturated carbocycles. The van der Waals surface area contributed by atoms with E-state index in [0.29, 0.717) is 11.3 Å². The van der Waals surface area contributed by atoms with Gasteiger partial charge in [0.1, 0.15) is 0 Å². The van der Waals surface area contributed by atoms with Crippen molar-refractivity contribution in [3.8, 4) is 6.07 Å². The molecule has 0 amide bonds. The number of hydrogen-bond donors (Lipinski definition) is 1. The fourth-order valence-electron chi connectivity index (χ4n) is 6.25. The minimum atomic E-state index is -0.568. The van der Waals surface area contributed by atoms with E-state index in [1.807, 2.05) is 0 Å². The van der Waals surface area contributed by atoms with Crippen LogP contribution < -0.4 is 0 Å². The molecular weight excluding hydrogens is 366 g/mol. The van der Waals surface area contributed by atoms with E-state index in [4.69, 9.17) is 0 Å². The van der Waals surface area contributed by atoms with Gasteiger partial charge in [-0.25, -0.2) is 0 Å². The average Bonchev–Trinajstić information content (AvgIpc) is 3.05. The minimum Gasteiger partial charge on any atom is -0.384 e. The standard InChI is InChI=1S/C28H41NO/c1-20-11-12-22(21(2)26(20)30)13-14-23-9-8-18-28(5)24(15-16-25(23)28)10-6-7-17-27(3,4)19-29/h13-14,24-26,30H,1-2,6-12,15-18H2,3-5H3/b22-13-,23-14+/t24?,25-,26?,28?/m0/s1. The van der Waals surface area contributed by atoms with Gasteiger partial charge < -0.3 is 5.11 Å². The second kappa shape index (κ2) is 9.27. The summed E-state index contributed by atoms with van der Waals surface area (Å²) in [6.07, 6.45) is 17.1. The predicted octanol–water partition coefficient (Wildman–Crippen LogP) is 7.43. The first-order chi connectivity index (χ1) is 14.2. The van der Waals surface area contributed by atoms with E-state index >= 15 is 0 Å². The van der Waals surface area contributed by atoms with Crippen LogP contribution in [0.25, 0.3) is 0 Å². The Bertz CT molecular complexity index is 777. The van der Waals surface area contributed by atoms with Crippen LogP contribution in [0.2, 0.25) is 0 Å². The lowest BCUT2D eigenvalue weighted by molar-refractivity contribution is 0.126. The molecule has 0 saturated heterocycles. The Labute approximate surface area is 184 Å². The fourth-order valence-corrected chi connectivity index (χ4v) is 6.25. The zero-order chi connectivity index (χ0) is 21.9. The zero-order valence-corrected chi connectivity index (χ0v) is 19.5. The lowest BCUT2D eigenvalue weighted by Gasteiger charge is -2.42. The number of unbranched alkanes of at least 4 members (excludes halogenated alkanes) is 1. The van der Waals surface area contributed by atoms with Crippen LogP contribution in [0.1, 0.15) is 91.4 Å². The molecule has 3 rings (SSSR count). The molecule has 0 heterocycles. The lowest BCUT2D eigenvalue weighted by Crippen LogP contribution is -2.33. The summed E-state index contributed by atoms with van der Waals surface area (Å²) in [5.74, 6) is 1.53. The van der Waals surface area contributed by atoms with Gasteiger partial charge in [0, 0.05) is 0 Å². The predicted molar refractivity (Wildman–Crippen MR) is 126 cm³/mol. The second-order valence-electron chi connectivity index (χ2n) is 10.9. The molecule has 1 N–H and O–H groups in total. The summed E-state index contributed by atoms with van der Waals surface area (Å²) < 4.78 is 0. The summed E-state index contributed by atoms with van der Waals surface area (Å²) in [6.45, 7) is 14.7. The molecule has 0 aromatic rings. The highest BCUT2D eigenvalue weighted by molar-refractivity contribution is 5.43. The molecule has 0 spiro atoms. The number of aliphatic hydroxyl groups is 1. The Morgan fingerprint density at radius 3 is 2.67 bits per heavy atom. The number of rotatable bonds is 6. The number of allylic oxidation sites excluding steroid dienone is 3. The van der Waals surface area contributed by atoms with Gasteiger partial charge >= 0.3 is 0 Å². The van der Waals surface area contributed by atoms with Gasteiger partial charge in [-0.15, -0.1) is 0 Å². The highest BCUT2D eigenvalue weighted by Gasteiger charge is 2.48. The molecule has 164 valence electrons. The molecule has 0 radical (unpaired) electrons. The number of fused-ring (bicyclic) bond motifs is 1. The molecule has 3 fully saturated rings. The van der Waals surface area contributed by atoms with Crippen molar-refractivity contribution in [1.29, 1.82) is 5.26 Å². The van der Waals surface area contributed by atoms with E-state index in [2.05, 4.69) is 52.2 Å². The quantitative estimate of drug-likeness (QED) is 0.367. The van der Waals surface area contributed by atoms with Crippen LogP contribution >= 0.6 is 0 Å². The van der Waals surface area contributed by atoms with Crippen molar-refractivity contribution < 1.29 is 5.11 Å². The van der Waals surface area contributed by atoms with Crippen molar-refractivity contribution in [3.05, 3.63) is 47.6 Å². The van der Waals surface area contributed by atoms with Crippen molar-refractivity contribution in [1.82, 2.24) is 0 Å². The molecule has 3 aliphatic rings. The van der Waals surface area contributed by atoms with Crippen molar-refractivity contribution >= 4 is 0 Å². The monoisotopic (exact) mass is 407 g/mol. The molecule has 0 aliphatic heterocycles. The summed E-state index contributed by atoms with van der Waals surface area (Å²) >= 11 is 0. The number of hydrogen-bond acceptors (Lipinski definition) is 2. The van der Waals surface area contributed by atoms with E-state index in [1.54, 1.807) is 5.57 Å². The Morgan fingerprint density at radius 1 is 1.17 bits per heavy atom. The van der Waals surface area contributed by atoms with Crippen LogP contribution in [-0.4, -0.2) is 11.2 Å². The van der Waals surface area contributed by atoms with E-state index in [9.17, 15) is 10.4 Å². The molecule has 2 nitrogen and oxygen atoms in total. The van der Waals surface area contributed by atoms with Gasteiger partial charge in [0.2, 0.25) is 0 Å². The van der Waals surface area contributed by atoms with Crippen LogP contribution in [0.4, 0.5) is 0 Å². The number of nitrogens with zero attached hydrogens (tertiary/aromatic N) is 1. The van der Waals surface area contributed by atoms with E-state index < -0.39 is 6.10 Å². The molecule has 0 bridgehead atoms. The van der Waals surface area contributed by atoms with Crippen molar-refractivity contribution in [2.75, 3.05) is 0 Å². The number of aliphatic hydroxyl groups excluding tert-OH is 1. The highest BCUT2D eigenvalue weighted by Crippen LogP contribution is 2.58. The molecular formula is C28H41NO. The summed E-state index contributed by atoms with van der Waals surface area (Å²) in [5.41, 5.74) is 4.81. The average molecular weight is 408 g/mol. The van der Waals surface area contributed by atoms with Gasteiger partial charge in [-0.2, -0.15) is 5.26 Å². The normalized spacial score (nSPS) is 35.0. The first-order valence-electron chi connectivity index (χ1n) is 12.0. The Morgan fingerprint density at radius 2 is 1.93 bits per heavy atom. The first-order valence-corrected chi connectivity index (χ1v) is 12.0. The van der Waals surface area contributed by atoms with E-state index in [1.165, 1.54) is 56.9 Å². The smallest absolute Gasteiger partial charge is 0.0995 e. The van der Waals surface area contributed by atoms with Crippen molar-refractivity contribution in [3.63, 3.8) is 0 Å². The van der Waals surface area contributed by atoms with Crippen molar-refractivity contribution in [2.45, 2.75) is 97.5 Å². The van der Waals surface area contributed by atoms with Gasteiger partial charge in [-0.1, -0.05) is 50.6 Å². The van der Waals surface area contributed by atoms with Crippen LogP contribution in [0.5, 0.6) is 0 Å². The second-order valence-corrected chi connectivity index (χ2v) is 10.9. The zero-order valence-electron chi connectivity index (χ0n) is 19.5. The Hall–Kier alpha value is -1.59. The lowest BCUT2D eigenvalue weighted by atomic mass is 9.62. The SMILES string of the molecule is C=C1CC/C(=C/C=C2\CCCC3(C)C(CCCCC(C)(C)C#N)CC[C@@H]23)C(=C)C1O. The van der Waals surface area contributed by atoms with Crippen LogP contribution in [-0.2, 0) is 0 Å². The first kappa shape index (κ1) is 23.1. The van der Waals surface area contributed by atoms with Crippen LogP contribution in [0.3, 0.4) is 0 Å².